The summed E-state index contributed by atoms with van der Waals surface area (Å²) < 4.78 is 7.58. The summed E-state index contributed by atoms with van der Waals surface area (Å²) in [5.41, 5.74) is 2.92. The van der Waals surface area contributed by atoms with Gasteiger partial charge >= 0.3 is 0 Å². The molecule has 0 saturated carbocycles. The monoisotopic (exact) mass is 324 g/mol. The summed E-state index contributed by atoms with van der Waals surface area (Å²) in [6.07, 6.45) is 7.72. The Kier molecular flexibility index (Phi) is 4.86. The number of hydrogen-bond donors (Lipinski definition) is 1. The van der Waals surface area contributed by atoms with Gasteiger partial charge in [0, 0.05) is 24.8 Å². The number of hydrogen-bond acceptors (Lipinski definition) is 5. The van der Waals surface area contributed by atoms with Crippen LogP contribution in [0, 0.1) is 13.8 Å². The molecule has 3 aromatic rings. The fourth-order valence-electron chi connectivity index (χ4n) is 2.53. The number of imidazole rings is 1. The van der Waals surface area contributed by atoms with Gasteiger partial charge in [-0.3, -0.25) is 4.98 Å². The summed E-state index contributed by atoms with van der Waals surface area (Å²) in [5, 5.41) is 10.3. The molecule has 0 saturated heterocycles. The van der Waals surface area contributed by atoms with Crippen LogP contribution >= 0.6 is 0 Å². The lowest BCUT2D eigenvalue weighted by Gasteiger charge is -2.16. The highest BCUT2D eigenvalue weighted by Crippen LogP contribution is 2.19. The van der Waals surface area contributed by atoms with Crippen LogP contribution in [0.5, 0.6) is 5.75 Å². The third-order valence-corrected chi connectivity index (χ3v) is 3.68. The lowest BCUT2D eigenvalue weighted by molar-refractivity contribution is 0.0925. The van der Waals surface area contributed by atoms with Crippen molar-refractivity contribution in [1.82, 2.24) is 19.5 Å². The van der Waals surface area contributed by atoms with Crippen molar-refractivity contribution in [2.24, 2.45) is 0 Å². The van der Waals surface area contributed by atoms with Crippen LogP contribution in [0.1, 0.15) is 11.1 Å². The summed E-state index contributed by atoms with van der Waals surface area (Å²) in [6.45, 7) is 4.62. The highest BCUT2D eigenvalue weighted by Gasteiger charge is 2.12. The summed E-state index contributed by atoms with van der Waals surface area (Å²) in [4.78, 5) is 12.6. The zero-order valence-electron chi connectivity index (χ0n) is 13.8. The van der Waals surface area contributed by atoms with Crippen molar-refractivity contribution in [2.45, 2.75) is 26.5 Å². The fourth-order valence-corrected chi connectivity index (χ4v) is 2.53. The Labute approximate surface area is 140 Å². The second-order valence-electron chi connectivity index (χ2n) is 5.73. The van der Waals surface area contributed by atoms with Gasteiger partial charge in [0.15, 0.2) is 5.82 Å². The van der Waals surface area contributed by atoms with E-state index in [1.54, 1.807) is 24.8 Å². The van der Waals surface area contributed by atoms with Gasteiger partial charge in [0.25, 0.3) is 0 Å². The van der Waals surface area contributed by atoms with Crippen LogP contribution < -0.4 is 4.74 Å². The van der Waals surface area contributed by atoms with E-state index in [2.05, 4.69) is 21.0 Å². The largest absolute Gasteiger partial charge is 0.491 e. The van der Waals surface area contributed by atoms with E-state index in [1.165, 1.54) is 5.56 Å². The minimum absolute atomic E-state index is 0.210. The molecule has 6 heteroatoms. The number of aliphatic hydroxyl groups excluding tert-OH is 1. The van der Waals surface area contributed by atoms with E-state index in [4.69, 9.17) is 4.74 Å². The Morgan fingerprint density at radius 3 is 2.79 bits per heavy atom. The number of aromatic nitrogens is 4. The number of benzene rings is 1. The van der Waals surface area contributed by atoms with Crippen molar-refractivity contribution in [1.29, 1.82) is 0 Å². The first-order valence-electron chi connectivity index (χ1n) is 7.79. The number of rotatable bonds is 6. The summed E-state index contributed by atoms with van der Waals surface area (Å²) in [6, 6.07) is 5.99. The SMILES string of the molecule is Cc1ccc(OCC(O)Cn2ccnc2-c2cnccn2)c(C)c1. The molecule has 2 aromatic heterocycles. The highest BCUT2D eigenvalue weighted by atomic mass is 16.5. The minimum Gasteiger partial charge on any atom is -0.491 e. The highest BCUT2D eigenvalue weighted by molar-refractivity contribution is 5.47. The standard InChI is InChI=1S/C18H20N4O2/c1-13-3-4-17(14(2)9-13)24-12-15(23)11-22-8-7-21-18(22)16-10-19-5-6-20-16/h3-10,15,23H,11-12H2,1-2H3. The van der Waals surface area contributed by atoms with E-state index in [0.717, 1.165) is 11.3 Å². The first-order valence-corrected chi connectivity index (χ1v) is 7.79. The Bertz CT molecular complexity index is 802. The number of aryl methyl sites for hydroxylation is 2. The number of ether oxygens (including phenoxy) is 1. The van der Waals surface area contributed by atoms with Gasteiger partial charge in [0.2, 0.25) is 0 Å². The third kappa shape index (κ3) is 3.78. The van der Waals surface area contributed by atoms with Crippen LogP contribution in [-0.2, 0) is 6.54 Å². The van der Waals surface area contributed by atoms with Gasteiger partial charge in [-0.1, -0.05) is 17.7 Å². The molecular weight excluding hydrogens is 304 g/mol. The lowest BCUT2D eigenvalue weighted by Crippen LogP contribution is -2.24. The Hall–Kier alpha value is -2.73. The minimum atomic E-state index is -0.657. The van der Waals surface area contributed by atoms with Gasteiger partial charge in [-0.2, -0.15) is 0 Å². The molecule has 2 heterocycles. The molecule has 24 heavy (non-hydrogen) atoms. The molecule has 3 rings (SSSR count). The van der Waals surface area contributed by atoms with E-state index in [-0.39, 0.29) is 6.61 Å². The Balaban J connectivity index is 1.64. The normalized spacial score (nSPS) is 12.1. The quantitative estimate of drug-likeness (QED) is 0.754. The zero-order valence-corrected chi connectivity index (χ0v) is 13.8. The molecule has 6 nitrogen and oxygen atoms in total. The van der Waals surface area contributed by atoms with Gasteiger partial charge in [-0.15, -0.1) is 0 Å². The summed E-state index contributed by atoms with van der Waals surface area (Å²) in [5.74, 6) is 1.47. The van der Waals surface area contributed by atoms with Crippen LogP contribution in [-0.4, -0.2) is 37.3 Å². The van der Waals surface area contributed by atoms with Gasteiger partial charge in [-0.05, 0) is 25.5 Å². The average molecular weight is 324 g/mol. The predicted octanol–water partition coefficient (Wildman–Crippen LogP) is 2.40. The van der Waals surface area contributed by atoms with Crippen LogP contribution in [0.2, 0.25) is 0 Å². The summed E-state index contributed by atoms with van der Waals surface area (Å²) >= 11 is 0. The van der Waals surface area contributed by atoms with Crippen molar-refractivity contribution < 1.29 is 9.84 Å². The van der Waals surface area contributed by atoms with E-state index in [1.807, 2.05) is 36.7 Å². The van der Waals surface area contributed by atoms with Crippen molar-refractivity contribution in [3.63, 3.8) is 0 Å². The van der Waals surface area contributed by atoms with E-state index in [9.17, 15) is 5.11 Å². The molecule has 0 aliphatic carbocycles. The zero-order chi connectivity index (χ0) is 16.9. The molecule has 0 aliphatic rings. The lowest BCUT2D eigenvalue weighted by atomic mass is 10.1. The van der Waals surface area contributed by atoms with Crippen LogP contribution in [0.3, 0.4) is 0 Å². The van der Waals surface area contributed by atoms with Crippen molar-refractivity contribution in [2.75, 3.05) is 6.61 Å². The smallest absolute Gasteiger partial charge is 0.160 e. The molecule has 0 aliphatic heterocycles. The average Bonchev–Trinajstić information content (AvgIpc) is 3.03. The second-order valence-corrected chi connectivity index (χ2v) is 5.73. The van der Waals surface area contributed by atoms with E-state index in [0.29, 0.717) is 18.1 Å². The summed E-state index contributed by atoms with van der Waals surface area (Å²) in [7, 11) is 0. The number of nitrogens with zero attached hydrogens (tertiary/aromatic N) is 4. The molecule has 0 fully saturated rings. The van der Waals surface area contributed by atoms with Crippen LogP contribution in [0.4, 0.5) is 0 Å². The van der Waals surface area contributed by atoms with E-state index < -0.39 is 6.10 Å². The Morgan fingerprint density at radius 1 is 1.17 bits per heavy atom. The number of aliphatic hydroxyl groups is 1. The first kappa shape index (κ1) is 16.1. The topological polar surface area (TPSA) is 73.1 Å². The molecule has 0 spiro atoms. The molecule has 1 unspecified atom stereocenters. The fraction of sp³-hybridized carbons (Fsp3) is 0.278. The van der Waals surface area contributed by atoms with Crippen molar-refractivity contribution in [3.05, 3.63) is 60.3 Å². The first-order chi connectivity index (χ1) is 11.6. The maximum absolute atomic E-state index is 10.3. The molecular formula is C18H20N4O2. The molecule has 1 N–H and O–H groups in total. The molecule has 124 valence electrons. The van der Waals surface area contributed by atoms with Crippen LogP contribution in [0.25, 0.3) is 11.5 Å². The van der Waals surface area contributed by atoms with Crippen LogP contribution in [0.15, 0.2) is 49.2 Å². The molecule has 1 aromatic carbocycles. The molecule has 0 radical (unpaired) electrons. The molecule has 1 atom stereocenters. The third-order valence-electron chi connectivity index (χ3n) is 3.68. The van der Waals surface area contributed by atoms with Gasteiger partial charge in [-0.25, -0.2) is 9.97 Å². The van der Waals surface area contributed by atoms with E-state index >= 15 is 0 Å². The van der Waals surface area contributed by atoms with Crippen molar-refractivity contribution in [3.8, 4) is 17.3 Å². The molecule has 0 amide bonds. The van der Waals surface area contributed by atoms with Crippen molar-refractivity contribution >= 4 is 0 Å². The second kappa shape index (κ2) is 7.23. The maximum atomic E-state index is 10.3. The maximum Gasteiger partial charge on any atom is 0.160 e. The molecule has 0 bridgehead atoms. The van der Waals surface area contributed by atoms with Gasteiger partial charge in [0.1, 0.15) is 24.2 Å². The van der Waals surface area contributed by atoms with Gasteiger partial charge in [0.05, 0.1) is 12.7 Å². The van der Waals surface area contributed by atoms with Gasteiger partial charge < -0.3 is 14.4 Å². The Morgan fingerprint density at radius 2 is 2.04 bits per heavy atom. The predicted molar refractivity (Wildman–Crippen MR) is 90.7 cm³/mol.